The van der Waals surface area contributed by atoms with E-state index in [1.54, 1.807) is 6.07 Å². The summed E-state index contributed by atoms with van der Waals surface area (Å²) < 4.78 is 61.3. The lowest BCUT2D eigenvalue weighted by Gasteiger charge is -2.13. The van der Waals surface area contributed by atoms with E-state index >= 15 is 0 Å². The van der Waals surface area contributed by atoms with E-state index < -0.39 is 27.5 Å². The van der Waals surface area contributed by atoms with Gasteiger partial charge in [-0.1, -0.05) is 30.3 Å². The van der Waals surface area contributed by atoms with Crippen molar-refractivity contribution in [3.8, 4) is 0 Å². The number of carbonyl (C=O) groups is 1. The maximum absolute atomic E-state index is 12.0. The summed E-state index contributed by atoms with van der Waals surface area (Å²) in [5.41, 5.74) is -5.47. The van der Waals surface area contributed by atoms with Crippen LogP contribution in [0, 0.1) is 0 Å². The maximum atomic E-state index is 12.0. The zero-order chi connectivity index (χ0) is 14.0. The SMILES string of the molecule is CC(OS(=O)(=O)C(F)(F)F)C(=O)c1ccccc1. The Hall–Kier alpha value is -1.41. The number of carbonyl (C=O) groups excluding carboxylic acids is 1. The van der Waals surface area contributed by atoms with Crippen molar-refractivity contribution in [2.75, 3.05) is 0 Å². The first-order valence-corrected chi connectivity index (χ1v) is 6.15. The van der Waals surface area contributed by atoms with Gasteiger partial charge in [0.1, 0.15) is 6.10 Å². The summed E-state index contributed by atoms with van der Waals surface area (Å²) in [6, 6.07) is 7.30. The Morgan fingerprint density at radius 1 is 1.22 bits per heavy atom. The van der Waals surface area contributed by atoms with Gasteiger partial charge in [0.2, 0.25) is 0 Å². The van der Waals surface area contributed by atoms with Gasteiger partial charge in [0, 0.05) is 5.56 Å². The third-order valence-electron chi connectivity index (χ3n) is 1.98. The van der Waals surface area contributed by atoms with Crippen molar-refractivity contribution < 1.29 is 30.6 Å². The van der Waals surface area contributed by atoms with E-state index in [4.69, 9.17) is 0 Å². The van der Waals surface area contributed by atoms with Gasteiger partial charge in [-0.05, 0) is 6.92 Å². The largest absolute Gasteiger partial charge is 0.523 e. The van der Waals surface area contributed by atoms with Crippen molar-refractivity contribution in [3.63, 3.8) is 0 Å². The Labute approximate surface area is 101 Å². The van der Waals surface area contributed by atoms with Crippen molar-refractivity contribution in [2.24, 2.45) is 0 Å². The molecule has 100 valence electrons. The van der Waals surface area contributed by atoms with E-state index in [1.807, 2.05) is 0 Å². The highest BCUT2D eigenvalue weighted by Crippen LogP contribution is 2.26. The van der Waals surface area contributed by atoms with Crippen molar-refractivity contribution in [2.45, 2.75) is 18.5 Å². The van der Waals surface area contributed by atoms with Crippen LogP contribution in [0.25, 0.3) is 0 Å². The summed E-state index contributed by atoms with van der Waals surface area (Å²) in [7, 11) is -5.77. The van der Waals surface area contributed by atoms with Gasteiger partial charge in [-0.2, -0.15) is 21.6 Å². The lowest BCUT2D eigenvalue weighted by molar-refractivity contribution is -0.0558. The summed E-state index contributed by atoms with van der Waals surface area (Å²) in [5, 5.41) is 0. The number of benzene rings is 1. The van der Waals surface area contributed by atoms with E-state index in [2.05, 4.69) is 4.18 Å². The number of hydrogen-bond donors (Lipinski definition) is 0. The molecule has 1 aromatic carbocycles. The maximum Gasteiger partial charge on any atom is 0.523 e. The molecule has 0 aromatic heterocycles. The predicted octanol–water partition coefficient (Wildman–Crippen LogP) is 2.12. The van der Waals surface area contributed by atoms with Crippen LogP contribution in [-0.2, 0) is 14.3 Å². The molecule has 8 heteroatoms. The average molecular weight is 282 g/mol. The minimum Gasteiger partial charge on any atom is -0.291 e. The molecular weight excluding hydrogens is 273 g/mol. The molecule has 0 bridgehead atoms. The van der Waals surface area contributed by atoms with Gasteiger partial charge >= 0.3 is 15.6 Å². The quantitative estimate of drug-likeness (QED) is 0.482. The second-order valence-electron chi connectivity index (χ2n) is 3.37. The van der Waals surface area contributed by atoms with Crippen LogP contribution in [0.5, 0.6) is 0 Å². The summed E-state index contributed by atoms with van der Waals surface area (Å²) in [6.07, 6.45) is -1.74. The van der Waals surface area contributed by atoms with Crippen molar-refractivity contribution in [1.29, 1.82) is 0 Å². The Morgan fingerprint density at radius 3 is 2.17 bits per heavy atom. The van der Waals surface area contributed by atoms with Gasteiger partial charge < -0.3 is 0 Å². The van der Waals surface area contributed by atoms with Crippen LogP contribution in [-0.4, -0.2) is 25.8 Å². The molecule has 0 aliphatic rings. The second kappa shape index (κ2) is 5.07. The van der Waals surface area contributed by atoms with E-state index in [9.17, 15) is 26.4 Å². The molecule has 1 rings (SSSR count). The zero-order valence-electron chi connectivity index (χ0n) is 9.14. The second-order valence-corrected chi connectivity index (χ2v) is 4.93. The first-order valence-electron chi connectivity index (χ1n) is 4.74. The molecule has 0 fully saturated rings. The van der Waals surface area contributed by atoms with Gasteiger partial charge in [0.25, 0.3) is 0 Å². The van der Waals surface area contributed by atoms with E-state index in [0.717, 1.165) is 6.92 Å². The highest BCUT2D eigenvalue weighted by molar-refractivity contribution is 7.87. The Balaban J connectivity index is 2.85. The van der Waals surface area contributed by atoms with Crippen molar-refractivity contribution in [3.05, 3.63) is 35.9 Å². The molecule has 0 amide bonds. The molecule has 1 atom stereocenters. The highest BCUT2D eigenvalue weighted by Gasteiger charge is 2.48. The normalized spacial score (nSPS) is 14.2. The molecule has 0 aliphatic carbocycles. The third kappa shape index (κ3) is 3.30. The Bertz CT molecular complexity index is 522. The number of alkyl halides is 3. The molecule has 18 heavy (non-hydrogen) atoms. The number of halogens is 3. The smallest absolute Gasteiger partial charge is 0.291 e. The Kier molecular flexibility index (Phi) is 4.12. The van der Waals surface area contributed by atoms with Crippen LogP contribution < -0.4 is 0 Å². The fourth-order valence-corrected chi connectivity index (χ4v) is 1.70. The van der Waals surface area contributed by atoms with Crippen molar-refractivity contribution >= 4 is 15.9 Å². The zero-order valence-corrected chi connectivity index (χ0v) is 9.96. The number of hydrogen-bond acceptors (Lipinski definition) is 4. The molecule has 0 N–H and O–H groups in total. The van der Waals surface area contributed by atoms with Crippen molar-refractivity contribution in [1.82, 2.24) is 0 Å². The van der Waals surface area contributed by atoms with Gasteiger partial charge in [0.15, 0.2) is 5.78 Å². The van der Waals surface area contributed by atoms with Crippen LogP contribution in [0.15, 0.2) is 30.3 Å². The minimum absolute atomic E-state index is 0.0716. The van der Waals surface area contributed by atoms with Crippen LogP contribution >= 0.6 is 0 Å². The van der Waals surface area contributed by atoms with Gasteiger partial charge in [0.05, 0.1) is 0 Å². The summed E-state index contributed by atoms with van der Waals surface area (Å²) in [4.78, 5) is 11.6. The Morgan fingerprint density at radius 2 is 1.72 bits per heavy atom. The molecule has 0 aliphatic heterocycles. The fourth-order valence-electron chi connectivity index (χ4n) is 1.13. The summed E-state index contributed by atoms with van der Waals surface area (Å²) in [6.45, 7) is 0.943. The molecular formula is C10H9F3O4S. The van der Waals surface area contributed by atoms with Gasteiger partial charge in [-0.25, -0.2) is 0 Å². The molecule has 4 nitrogen and oxygen atoms in total. The molecule has 0 spiro atoms. The third-order valence-corrected chi connectivity index (χ3v) is 3.09. The molecule has 0 radical (unpaired) electrons. The first kappa shape index (κ1) is 14.7. The first-order chi connectivity index (χ1) is 8.15. The van der Waals surface area contributed by atoms with E-state index in [0.29, 0.717) is 0 Å². The highest BCUT2D eigenvalue weighted by atomic mass is 32.2. The average Bonchev–Trinajstić information content (AvgIpc) is 2.27. The number of ketones is 1. The molecule has 1 aromatic rings. The summed E-state index contributed by atoms with van der Waals surface area (Å²) >= 11 is 0. The molecule has 1 unspecified atom stereocenters. The topological polar surface area (TPSA) is 60.4 Å². The number of rotatable bonds is 4. The van der Waals surface area contributed by atoms with Crippen LogP contribution in [0.3, 0.4) is 0 Å². The monoisotopic (exact) mass is 282 g/mol. The van der Waals surface area contributed by atoms with E-state index in [1.165, 1.54) is 24.3 Å². The van der Waals surface area contributed by atoms with Crippen LogP contribution in [0.4, 0.5) is 13.2 Å². The fraction of sp³-hybridized carbons (Fsp3) is 0.300. The molecule has 0 heterocycles. The standard InChI is InChI=1S/C10H9F3O4S/c1-7(17-18(15,16)10(11,12)13)9(14)8-5-3-2-4-6-8/h2-7H,1H3. The molecule has 0 saturated carbocycles. The van der Waals surface area contributed by atoms with Crippen LogP contribution in [0.2, 0.25) is 0 Å². The lowest BCUT2D eigenvalue weighted by atomic mass is 10.1. The number of Topliss-reactive ketones (excluding diaryl/α,β-unsaturated/α-hetero) is 1. The molecule has 0 saturated heterocycles. The van der Waals surface area contributed by atoms with Gasteiger partial charge in [-0.3, -0.25) is 8.98 Å². The summed E-state index contributed by atoms with van der Waals surface area (Å²) in [5.74, 6) is -0.844. The van der Waals surface area contributed by atoms with Gasteiger partial charge in [-0.15, -0.1) is 0 Å². The predicted molar refractivity (Wildman–Crippen MR) is 56.3 cm³/mol. The van der Waals surface area contributed by atoms with Crippen LogP contribution in [0.1, 0.15) is 17.3 Å². The van der Waals surface area contributed by atoms with E-state index in [-0.39, 0.29) is 5.56 Å². The minimum atomic E-state index is -5.77. The lowest BCUT2D eigenvalue weighted by Crippen LogP contribution is -2.32.